The first-order valence-electron chi connectivity index (χ1n) is 5.62. The number of hydrogen-bond acceptors (Lipinski definition) is 3. The monoisotopic (exact) mass is 273 g/mol. The molecule has 0 saturated carbocycles. The third kappa shape index (κ3) is 2.88. The van der Waals surface area contributed by atoms with Crippen LogP contribution >= 0.6 is 0 Å². The van der Waals surface area contributed by atoms with Gasteiger partial charge >= 0.3 is 6.18 Å². The summed E-state index contributed by atoms with van der Waals surface area (Å²) in [5.41, 5.74) is 0.513. The SMILES string of the molecule is Cc1cc(NCc2cc(C(F)(F)F)n(C)n2)nn1C. The molecular weight excluding hydrogens is 259 g/mol. The molecule has 0 atom stereocenters. The highest BCUT2D eigenvalue weighted by atomic mass is 19.4. The zero-order valence-corrected chi connectivity index (χ0v) is 10.8. The Morgan fingerprint density at radius 2 is 1.84 bits per heavy atom. The van der Waals surface area contributed by atoms with E-state index in [9.17, 15) is 13.2 Å². The minimum Gasteiger partial charge on any atom is -0.363 e. The van der Waals surface area contributed by atoms with Crippen molar-refractivity contribution in [1.29, 1.82) is 0 Å². The number of aromatic nitrogens is 4. The molecule has 104 valence electrons. The highest BCUT2D eigenvalue weighted by Gasteiger charge is 2.34. The largest absolute Gasteiger partial charge is 0.433 e. The lowest BCUT2D eigenvalue weighted by Gasteiger charge is -2.04. The second-order valence-electron chi connectivity index (χ2n) is 4.29. The second kappa shape index (κ2) is 4.60. The molecule has 19 heavy (non-hydrogen) atoms. The van der Waals surface area contributed by atoms with Gasteiger partial charge < -0.3 is 5.32 Å². The zero-order valence-electron chi connectivity index (χ0n) is 10.8. The normalized spacial score (nSPS) is 11.9. The maximum absolute atomic E-state index is 12.6. The van der Waals surface area contributed by atoms with Crippen molar-refractivity contribution in [2.45, 2.75) is 19.6 Å². The second-order valence-corrected chi connectivity index (χ2v) is 4.29. The maximum Gasteiger partial charge on any atom is 0.433 e. The fraction of sp³-hybridized carbons (Fsp3) is 0.455. The van der Waals surface area contributed by atoms with Gasteiger partial charge in [-0.15, -0.1) is 0 Å². The van der Waals surface area contributed by atoms with Crippen LogP contribution in [0.25, 0.3) is 0 Å². The first kappa shape index (κ1) is 13.4. The van der Waals surface area contributed by atoms with Crippen LogP contribution in [-0.4, -0.2) is 19.6 Å². The van der Waals surface area contributed by atoms with E-state index in [0.29, 0.717) is 11.5 Å². The van der Waals surface area contributed by atoms with Crippen LogP contribution in [-0.2, 0) is 26.8 Å². The number of anilines is 1. The van der Waals surface area contributed by atoms with Crippen LogP contribution in [0.1, 0.15) is 17.1 Å². The third-order valence-electron chi connectivity index (χ3n) is 2.79. The van der Waals surface area contributed by atoms with E-state index >= 15 is 0 Å². The van der Waals surface area contributed by atoms with E-state index in [2.05, 4.69) is 15.5 Å². The number of aryl methyl sites for hydroxylation is 3. The number of alkyl halides is 3. The number of rotatable bonds is 3. The van der Waals surface area contributed by atoms with E-state index < -0.39 is 11.9 Å². The van der Waals surface area contributed by atoms with Crippen molar-refractivity contribution in [2.75, 3.05) is 5.32 Å². The smallest absolute Gasteiger partial charge is 0.363 e. The van der Waals surface area contributed by atoms with E-state index in [0.717, 1.165) is 16.4 Å². The molecule has 1 N–H and O–H groups in total. The van der Waals surface area contributed by atoms with Crippen LogP contribution in [0.2, 0.25) is 0 Å². The summed E-state index contributed by atoms with van der Waals surface area (Å²) in [5.74, 6) is 0.610. The molecule has 0 aliphatic rings. The predicted molar refractivity (Wildman–Crippen MR) is 63.5 cm³/mol. The molecule has 0 saturated heterocycles. The van der Waals surface area contributed by atoms with Gasteiger partial charge in [-0.3, -0.25) is 9.36 Å². The Balaban J connectivity index is 2.08. The molecule has 0 unspecified atom stereocenters. The van der Waals surface area contributed by atoms with Crippen molar-refractivity contribution in [3.8, 4) is 0 Å². The average molecular weight is 273 g/mol. The van der Waals surface area contributed by atoms with Crippen molar-refractivity contribution in [3.05, 3.63) is 29.2 Å². The summed E-state index contributed by atoms with van der Waals surface area (Å²) >= 11 is 0. The van der Waals surface area contributed by atoms with Crippen molar-refractivity contribution in [3.63, 3.8) is 0 Å². The molecule has 0 bridgehead atoms. The van der Waals surface area contributed by atoms with Gasteiger partial charge in [-0.1, -0.05) is 0 Å². The molecule has 0 aromatic carbocycles. The summed E-state index contributed by atoms with van der Waals surface area (Å²) in [6.07, 6.45) is -4.39. The Hall–Kier alpha value is -1.99. The lowest BCUT2D eigenvalue weighted by molar-refractivity contribution is -0.143. The van der Waals surface area contributed by atoms with E-state index in [1.807, 2.05) is 13.0 Å². The summed E-state index contributed by atoms with van der Waals surface area (Å²) < 4.78 is 40.3. The van der Waals surface area contributed by atoms with E-state index in [4.69, 9.17) is 0 Å². The Kier molecular flexibility index (Phi) is 3.25. The Morgan fingerprint density at radius 1 is 1.16 bits per heavy atom. The molecular formula is C11H14F3N5. The van der Waals surface area contributed by atoms with Gasteiger partial charge in [0.25, 0.3) is 0 Å². The molecule has 8 heteroatoms. The van der Waals surface area contributed by atoms with Crippen molar-refractivity contribution in [1.82, 2.24) is 19.6 Å². The molecule has 5 nitrogen and oxygen atoms in total. The number of hydrogen-bond donors (Lipinski definition) is 1. The molecule has 2 rings (SSSR count). The average Bonchev–Trinajstić information content (AvgIpc) is 2.80. The number of nitrogens with zero attached hydrogens (tertiary/aromatic N) is 4. The topological polar surface area (TPSA) is 47.7 Å². The van der Waals surface area contributed by atoms with Gasteiger partial charge in [0.1, 0.15) is 11.5 Å². The Bertz CT molecular complexity index is 562. The van der Waals surface area contributed by atoms with Crippen molar-refractivity contribution in [2.24, 2.45) is 14.1 Å². The van der Waals surface area contributed by atoms with Crippen LogP contribution in [0.5, 0.6) is 0 Å². The highest BCUT2D eigenvalue weighted by molar-refractivity contribution is 5.36. The van der Waals surface area contributed by atoms with Gasteiger partial charge in [0.2, 0.25) is 0 Å². The summed E-state index contributed by atoms with van der Waals surface area (Å²) in [7, 11) is 3.07. The maximum atomic E-state index is 12.6. The van der Waals surface area contributed by atoms with Crippen LogP contribution in [0, 0.1) is 6.92 Å². The predicted octanol–water partition coefficient (Wildman–Crippen LogP) is 2.09. The fourth-order valence-corrected chi connectivity index (χ4v) is 1.71. The van der Waals surface area contributed by atoms with Gasteiger partial charge in [0, 0.05) is 25.9 Å². The van der Waals surface area contributed by atoms with Gasteiger partial charge in [0.05, 0.1) is 12.2 Å². The van der Waals surface area contributed by atoms with Crippen molar-refractivity contribution >= 4 is 5.82 Å². The molecule has 2 aromatic heterocycles. The molecule has 0 aliphatic carbocycles. The minimum atomic E-state index is -4.39. The summed E-state index contributed by atoms with van der Waals surface area (Å²) in [6.45, 7) is 2.08. The van der Waals surface area contributed by atoms with Gasteiger partial charge in [-0.05, 0) is 13.0 Å². The van der Waals surface area contributed by atoms with Crippen LogP contribution in [0.3, 0.4) is 0 Å². The molecule has 0 fully saturated rings. The van der Waals surface area contributed by atoms with E-state index in [-0.39, 0.29) is 6.54 Å². The molecule has 0 aliphatic heterocycles. The summed E-state index contributed by atoms with van der Waals surface area (Å²) in [4.78, 5) is 0. The minimum absolute atomic E-state index is 0.195. The van der Waals surface area contributed by atoms with Crippen molar-refractivity contribution < 1.29 is 13.2 Å². The summed E-state index contributed by atoms with van der Waals surface area (Å²) in [6, 6.07) is 2.84. The first-order chi connectivity index (χ1) is 8.77. The van der Waals surface area contributed by atoms with Crippen LogP contribution < -0.4 is 5.32 Å². The number of halogens is 3. The lowest BCUT2D eigenvalue weighted by atomic mass is 10.3. The van der Waals surface area contributed by atoms with Crippen LogP contribution in [0.4, 0.5) is 19.0 Å². The molecule has 2 aromatic rings. The third-order valence-corrected chi connectivity index (χ3v) is 2.79. The van der Waals surface area contributed by atoms with Gasteiger partial charge in [-0.2, -0.15) is 23.4 Å². The van der Waals surface area contributed by atoms with E-state index in [1.165, 1.54) is 7.05 Å². The quantitative estimate of drug-likeness (QED) is 0.931. The first-order valence-corrected chi connectivity index (χ1v) is 5.62. The standard InChI is InChI=1S/C11H14F3N5/c1-7-4-10(17-18(7)2)15-6-8-5-9(11(12,13)14)19(3)16-8/h4-5H,6H2,1-3H3,(H,15,17). The van der Waals surface area contributed by atoms with Crippen LogP contribution in [0.15, 0.2) is 12.1 Å². The van der Waals surface area contributed by atoms with E-state index in [1.54, 1.807) is 11.7 Å². The Morgan fingerprint density at radius 3 is 2.32 bits per heavy atom. The summed E-state index contributed by atoms with van der Waals surface area (Å²) in [5, 5.41) is 10.9. The zero-order chi connectivity index (χ0) is 14.2. The molecule has 0 amide bonds. The fourth-order valence-electron chi connectivity index (χ4n) is 1.71. The highest BCUT2D eigenvalue weighted by Crippen LogP contribution is 2.29. The lowest BCUT2D eigenvalue weighted by Crippen LogP contribution is -2.11. The Labute approximate surface area is 108 Å². The number of nitrogens with one attached hydrogen (secondary N) is 1. The molecule has 0 spiro atoms. The van der Waals surface area contributed by atoms with Gasteiger partial charge in [0.15, 0.2) is 0 Å². The van der Waals surface area contributed by atoms with Gasteiger partial charge in [-0.25, -0.2) is 0 Å². The molecule has 0 radical (unpaired) electrons. The molecule has 2 heterocycles.